The standard InChI is InChI=1S/C8H9N3O/c1-2-6-3-8-9-4-7(12)5-11(8)10-6/h3-5,12H,2H2,1H3. The summed E-state index contributed by atoms with van der Waals surface area (Å²) in [7, 11) is 0. The molecule has 0 aliphatic rings. The summed E-state index contributed by atoms with van der Waals surface area (Å²) in [6.07, 6.45) is 3.84. The molecule has 0 unspecified atom stereocenters. The van der Waals surface area contributed by atoms with E-state index in [1.54, 1.807) is 10.7 Å². The van der Waals surface area contributed by atoms with Crippen LogP contribution < -0.4 is 0 Å². The van der Waals surface area contributed by atoms with Gasteiger partial charge in [-0.1, -0.05) is 6.92 Å². The molecule has 0 saturated heterocycles. The van der Waals surface area contributed by atoms with Crippen LogP contribution in [0.25, 0.3) is 5.65 Å². The predicted molar refractivity (Wildman–Crippen MR) is 44.0 cm³/mol. The minimum absolute atomic E-state index is 0.133. The maximum atomic E-state index is 9.09. The summed E-state index contributed by atoms with van der Waals surface area (Å²) in [5, 5.41) is 13.3. The highest BCUT2D eigenvalue weighted by Crippen LogP contribution is 2.09. The third-order valence-corrected chi connectivity index (χ3v) is 1.71. The Balaban J connectivity index is 2.67. The Labute approximate surface area is 69.5 Å². The predicted octanol–water partition coefficient (Wildman–Crippen LogP) is 0.997. The van der Waals surface area contributed by atoms with Gasteiger partial charge in [-0.2, -0.15) is 5.10 Å². The van der Waals surface area contributed by atoms with Gasteiger partial charge in [0.15, 0.2) is 11.4 Å². The summed E-state index contributed by atoms with van der Waals surface area (Å²) in [6.45, 7) is 2.03. The van der Waals surface area contributed by atoms with Crippen molar-refractivity contribution in [2.24, 2.45) is 0 Å². The minimum atomic E-state index is 0.133. The highest BCUT2D eigenvalue weighted by Gasteiger charge is 2.00. The average Bonchev–Trinajstić information content (AvgIpc) is 2.46. The third kappa shape index (κ3) is 1.01. The summed E-state index contributed by atoms with van der Waals surface area (Å²) in [5.74, 6) is 0.133. The first-order valence-corrected chi connectivity index (χ1v) is 3.83. The van der Waals surface area contributed by atoms with Gasteiger partial charge in [0, 0.05) is 6.07 Å². The van der Waals surface area contributed by atoms with Crippen LogP contribution in [0.5, 0.6) is 5.75 Å². The van der Waals surface area contributed by atoms with Gasteiger partial charge in [0.05, 0.1) is 18.1 Å². The number of nitrogens with zero attached hydrogens (tertiary/aromatic N) is 3. The zero-order valence-corrected chi connectivity index (χ0v) is 6.73. The molecule has 0 bridgehead atoms. The van der Waals surface area contributed by atoms with Crippen LogP contribution in [0.3, 0.4) is 0 Å². The van der Waals surface area contributed by atoms with Gasteiger partial charge in [0.25, 0.3) is 0 Å². The van der Waals surface area contributed by atoms with Gasteiger partial charge in [-0.05, 0) is 6.42 Å². The summed E-state index contributed by atoms with van der Waals surface area (Å²) in [4.78, 5) is 4.00. The first-order valence-electron chi connectivity index (χ1n) is 3.83. The largest absolute Gasteiger partial charge is 0.505 e. The molecule has 4 heteroatoms. The fourth-order valence-corrected chi connectivity index (χ4v) is 1.09. The second-order valence-electron chi connectivity index (χ2n) is 2.60. The van der Waals surface area contributed by atoms with Gasteiger partial charge in [0.1, 0.15) is 0 Å². The van der Waals surface area contributed by atoms with E-state index in [1.165, 1.54) is 6.20 Å². The van der Waals surface area contributed by atoms with Gasteiger partial charge >= 0.3 is 0 Å². The van der Waals surface area contributed by atoms with Gasteiger partial charge in [-0.25, -0.2) is 9.50 Å². The second kappa shape index (κ2) is 2.48. The maximum Gasteiger partial charge on any atom is 0.155 e. The Morgan fingerprint density at radius 1 is 1.58 bits per heavy atom. The van der Waals surface area contributed by atoms with Crippen LogP contribution in [0.4, 0.5) is 0 Å². The van der Waals surface area contributed by atoms with Crippen LogP contribution in [0, 0.1) is 0 Å². The molecule has 0 saturated carbocycles. The van der Waals surface area contributed by atoms with Crippen molar-refractivity contribution in [1.29, 1.82) is 0 Å². The van der Waals surface area contributed by atoms with Gasteiger partial charge in [0.2, 0.25) is 0 Å². The fraction of sp³-hybridized carbons (Fsp3) is 0.250. The van der Waals surface area contributed by atoms with Crippen molar-refractivity contribution in [3.63, 3.8) is 0 Å². The van der Waals surface area contributed by atoms with Crippen molar-refractivity contribution in [2.45, 2.75) is 13.3 Å². The van der Waals surface area contributed by atoms with Crippen molar-refractivity contribution >= 4 is 5.65 Å². The molecular weight excluding hydrogens is 154 g/mol. The molecule has 2 aromatic heterocycles. The smallest absolute Gasteiger partial charge is 0.155 e. The highest BCUT2D eigenvalue weighted by molar-refractivity contribution is 5.40. The van der Waals surface area contributed by atoms with E-state index in [1.807, 2.05) is 13.0 Å². The Bertz CT molecular complexity index is 408. The number of aromatic nitrogens is 3. The molecule has 2 heterocycles. The fourth-order valence-electron chi connectivity index (χ4n) is 1.09. The molecule has 0 amide bonds. The Hall–Kier alpha value is -1.58. The second-order valence-corrected chi connectivity index (χ2v) is 2.60. The van der Waals surface area contributed by atoms with Crippen molar-refractivity contribution in [2.75, 3.05) is 0 Å². The highest BCUT2D eigenvalue weighted by atomic mass is 16.3. The summed E-state index contributed by atoms with van der Waals surface area (Å²) in [6, 6.07) is 1.90. The molecule has 0 aliphatic heterocycles. The summed E-state index contributed by atoms with van der Waals surface area (Å²) < 4.78 is 1.58. The molecule has 62 valence electrons. The van der Waals surface area contributed by atoms with Gasteiger partial charge < -0.3 is 5.11 Å². The van der Waals surface area contributed by atoms with E-state index >= 15 is 0 Å². The number of fused-ring (bicyclic) bond motifs is 1. The van der Waals surface area contributed by atoms with Crippen LogP contribution in [-0.4, -0.2) is 19.7 Å². The van der Waals surface area contributed by atoms with Crippen LogP contribution in [0.1, 0.15) is 12.6 Å². The van der Waals surface area contributed by atoms with E-state index < -0.39 is 0 Å². The van der Waals surface area contributed by atoms with Crippen molar-refractivity contribution in [3.05, 3.63) is 24.2 Å². The summed E-state index contributed by atoms with van der Waals surface area (Å²) in [5.41, 5.74) is 1.75. The summed E-state index contributed by atoms with van der Waals surface area (Å²) >= 11 is 0. The lowest BCUT2D eigenvalue weighted by Crippen LogP contribution is -1.88. The Kier molecular flexibility index (Phi) is 1.46. The third-order valence-electron chi connectivity index (χ3n) is 1.71. The van der Waals surface area contributed by atoms with E-state index in [0.717, 1.165) is 17.8 Å². The number of hydrogen-bond donors (Lipinski definition) is 1. The minimum Gasteiger partial charge on any atom is -0.505 e. The van der Waals surface area contributed by atoms with E-state index in [4.69, 9.17) is 5.11 Å². The average molecular weight is 163 g/mol. The first kappa shape index (κ1) is 7.09. The molecule has 0 atom stereocenters. The molecule has 1 N–H and O–H groups in total. The van der Waals surface area contributed by atoms with E-state index in [-0.39, 0.29) is 5.75 Å². The van der Waals surface area contributed by atoms with Gasteiger partial charge in [-0.3, -0.25) is 0 Å². The lowest BCUT2D eigenvalue weighted by molar-refractivity contribution is 0.467. The molecule has 0 aromatic carbocycles. The quantitative estimate of drug-likeness (QED) is 0.682. The number of rotatable bonds is 1. The van der Waals surface area contributed by atoms with Crippen LogP contribution in [-0.2, 0) is 6.42 Å². The zero-order valence-electron chi connectivity index (χ0n) is 6.73. The van der Waals surface area contributed by atoms with Crippen LogP contribution in [0.15, 0.2) is 18.5 Å². The van der Waals surface area contributed by atoms with Crippen molar-refractivity contribution < 1.29 is 5.11 Å². The van der Waals surface area contributed by atoms with Crippen molar-refractivity contribution in [1.82, 2.24) is 14.6 Å². The molecule has 0 aliphatic carbocycles. The molecule has 4 nitrogen and oxygen atoms in total. The van der Waals surface area contributed by atoms with E-state index in [9.17, 15) is 0 Å². The molecule has 2 rings (SSSR count). The Morgan fingerprint density at radius 3 is 3.17 bits per heavy atom. The van der Waals surface area contributed by atoms with Gasteiger partial charge in [-0.15, -0.1) is 0 Å². The van der Waals surface area contributed by atoms with Crippen LogP contribution >= 0.6 is 0 Å². The normalized spacial score (nSPS) is 10.8. The molecule has 0 fully saturated rings. The lowest BCUT2D eigenvalue weighted by Gasteiger charge is -1.91. The van der Waals surface area contributed by atoms with Crippen molar-refractivity contribution in [3.8, 4) is 5.75 Å². The molecule has 2 aromatic rings. The Morgan fingerprint density at radius 2 is 2.42 bits per heavy atom. The van der Waals surface area contributed by atoms with Crippen LogP contribution in [0.2, 0.25) is 0 Å². The monoisotopic (exact) mass is 163 g/mol. The van der Waals surface area contributed by atoms with E-state index in [0.29, 0.717) is 0 Å². The molecular formula is C8H9N3O. The number of aryl methyl sites for hydroxylation is 1. The molecule has 12 heavy (non-hydrogen) atoms. The number of hydrogen-bond acceptors (Lipinski definition) is 3. The SMILES string of the molecule is CCc1cc2ncc(O)cn2n1. The topological polar surface area (TPSA) is 50.4 Å². The first-order chi connectivity index (χ1) is 5.79. The molecule has 0 radical (unpaired) electrons. The van der Waals surface area contributed by atoms with E-state index in [2.05, 4.69) is 10.1 Å². The molecule has 0 spiro atoms. The maximum absolute atomic E-state index is 9.09. The number of aromatic hydroxyl groups is 1. The zero-order chi connectivity index (χ0) is 8.55. The lowest BCUT2D eigenvalue weighted by atomic mass is 10.3.